The van der Waals surface area contributed by atoms with E-state index in [1.807, 2.05) is 24.3 Å². The number of nitrogens with one attached hydrogen (secondary N) is 2. The van der Waals surface area contributed by atoms with Crippen LogP contribution in [0.2, 0.25) is 0 Å². The molecule has 6 nitrogen and oxygen atoms in total. The highest BCUT2D eigenvalue weighted by Crippen LogP contribution is 2.23. The van der Waals surface area contributed by atoms with Gasteiger partial charge in [-0.05, 0) is 54.6 Å². The minimum Gasteiger partial charge on any atom is -0.338 e. The van der Waals surface area contributed by atoms with Gasteiger partial charge in [0.15, 0.2) is 9.84 Å². The molecule has 8 heteroatoms. The van der Waals surface area contributed by atoms with Crippen LogP contribution in [0.5, 0.6) is 0 Å². The summed E-state index contributed by atoms with van der Waals surface area (Å²) in [6.07, 6.45) is 0. The molecule has 30 heavy (non-hydrogen) atoms. The van der Waals surface area contributed by atoms with Crippen LogP contribution in [0, 0.1) is 5.82 Å². The highest BCUT2D eigenvalue weighted by Gasteiger charge is 2.18. The molecule has 3 aromatic carbocycles. The van der Waals surface area contributed by atoms with Gasteiger partial charge in [0.25, 0.3) is 5.91 Å². The molecule has 0 aliphatic carbocycles. The van der Waals surface area contributed by atoms with Crippen molar-refractivity contribution in [3.8, 4) is 11.4 Å². The van der Waals surface area contributed by atoms with Crippen LogP contribution >= 0.6 is 0 Å². The van der Waals surface area contributed by atoms with E-state index in [4.69, 9.17) is 0 Å². The Kier molecular flexibility index (Phi) is 5.09. The Morgan fingerprint density at radius 1 is 1.07 bits per heavy atom. The number of rotatable bonds is 5. The fourth-order valence-corrected chi connectivity index (χ4v) is 3.94. The second kappa shape index (κ2) is 7.72. The summed E-state index contributed by atoms with van der Waals surface area (Å²) in [5.41, 5.74) is 2.71. The maximum atomic E-state index is 14.1. The quantitative estimate of drug-likeness (QED) is 0.465. The van der Waals surface area contributed by atoms with Crippen molar-refractivity contribution in [2.24, 2.45) is 0 Å². The lowest BCUT2D eigenvalue weighted by Gasteiger charge is -2.09. The first-order valence-corrected chi connectivity index (χ1v) is 10.9. The lowest BCUT2D eigenvalue weighted by molar-refractivity contribution is 0.102. The van der Waals surface area contributed by atoms with Gasteiger partial charge in [0.05, 0.1) is 27.2 Å². The number of aromatic nitrogens is 2. The maximum Gasteiger partial charge on any atom is 0.258 e. The van der Waals surface area contributed by atoms with Crippen molar-refractivity contribution in [2.75, 3.05) is 11.1 Å². The van der Waals surface area contributed by atoms with E-state index < -0.39 is 21.6 Å². The van der Waals surface area contributed by atoms with Gasteiger partial charge in [-0.1, -0.05) is 19.1 Å². The molecule has 0 unspecified atom stereocenters. The number of aromatic amines is 1. The van der Waals surface area contributed by atoms with Gasteiger partial charge in [-0.15, -0.1) is 0 Å². The Hall–Kier alpha value is -3.52. The summed E-state index contributed by atoms with van der Waals surface area (Å²) in [6.45, 7) is 1.49. The number of hydrogen-bond donors (Lipinski definition) is 2. The third-order valence-corrected chi connectivity index (χ3v) is 6.46. The van der Waals surface area contributed by atoms with E-state index in [1.165, 1.54) is 6.92 Å². The molecule has 4 rings (SSSR count). The number of carbonyl (C=O) groups is 1. The lowest BCUT2D eigenvalue weighted by Crippen LogP contribution is -2.15. The van der Waals surface area contributed by atoms with E-state index in [2.05, 4.69) is 15.3 Å². The third kappa shape index (κ3) is 3.81. The summed E-state index contributed by atoms with van der Waals surface area (Å²) in [4.78, 5) is 20.2. The first-order chi connectivity index (χ1) is 14.4. The summed E-state index contributed by atoms with van der Waals surface area (Å²) in [6, 6.07) is 17.8. The third-order valence-electron chi connectivity index (χ3n) is 4.73. The number of carbonyl (C=O) groups excluding carboxylic acids is 1. The summed E-state index contributed by atoms with van der Waals surface area (Å²) >= 11 is 0. The number of hydrogen-bond acceptors (Lipinski definition) is 4. The number of para-hydroxylation sites is 2. The predicted octanol–water partition coefficient (Wildman–Crippen LogP) is 4.41. The number of amides is 1. The Bertz CT molecular complexity index is 1310. The highest BCUT2D eigenvalue weighted by atomic mass is 32.2. The Balaban J connectivity index is 1.56. The number of nitrogens with zero attached hydrogens (tertiary/aromatic N) is 1. The molecule has 0 atom stereocenters. The van der Waals surface area contributed by atoms with Crippen LogP contribution in [-0.4, -0.2) is 30.0 Å². The SMILES string of the molecule is CCS(=O)(=O)c1ccc(F)c(C(=O)Nc2ccc(-c3nc4ccccc4[nH]3)cc2)c1. The van der Waals surface area contributed by atoms with Crippen molar-refractivity contribution < 1.29 is 17.6 Å². The molecule has 0 aliphatic heterocycles. The average molecular weight is 423 g/mol. The zero-order valence-corrected chi connectivity index (χ0v) is 16.8. The van der Waals surface area contributed by atoms with Gasteiger partial charge in [-0.2, -0.15) is 0 Å². The molecule has 0 saturated carbocycles. The first-order valence-electron chi connectivity index (χ1n) is 9.26. The van der Waals surface area contributed by atoms with Crippen LogP contribution in [0.25, 0.3) is 22.4 Å². The minimum atomic E-state index is -3.55. The molecule has 4 aromatic rings. The number of fused-ring (bicyclic) bond motifs is 1. The number of halogens is 1. The normalized spacial score (nSPS) is 11.5. The summed E-state index contributed by atoms with van der Waals surface area (Å²) < 4.78 is 38.2. The average Bonchev–Trinajstić information content (AvgIpc) is 3.18. The van der Waals surface area contributed by atoms with E-state index >= 15 is 0 Å². The van der Waals surface area contributed by atoms with Gasteiger partial charge in [0, 0.05) is 11.3 Å². The van der Waals surface area contributed by atoms with Gasteiger partial charge in [-0.3, -0.25) is 4.79 Å². The van der Waals surface area contributed by atoms with Crippen molar-refractivity contribution in [1.82, 2.24) is 9.97 Å². The largest absolute Gasteiger partial charge is 0.338 e. The zero-order valence-electron chi connectivity index (χ0n) is 16.0. The zero-order chi connectivity index (χ0) is 21.3. The maximum absolute atomic E-state index is 14.1. The summed E-state index contributed by atoms with van der Waals surface area (Å²) in [7, 11) is -3.55. The molecule has 152 valence electrons. The van der Waals surface area contributed by atoms with Crippen LogP contribution in [0.1, 0.15) is 17.3 Å². The van der Waals surface area contributed by atoms with Crippen molar-refractivity contribution in [2.45, 2.75) is 11.8 Å². The topological polar surface area (TPSA) is 91.9 Å². The summed E-state index contributed by atoms with van der Waals surface area (Å²) in [5.74, 6) is -0.959. The van der Waals surface area contributed by atoms with Crippen LogP contribution < -0.4 is 5.32 Å². The van der Waals surface area contributed by atoms with Crippen LogP contribution in [0.15, 0.2) is 71.6 Å². The van der Waals surface area contributed by atoms with Gasteiger partial charge < -0.3 is 10.3 Å². The molecule has 0 aliphatic rings. The molecular formula is C22H18FN3O3S. The molecule has 2 N–H and O–H groups in total. The van der Waals surface area contributed by atoms with E-state index in [9.17, 15) is 17.6 Å². The Morgan fingerprint density at radius 2 is 1.80 bits per heavy atom. The number of sulfone groups is 1. The van der Waals surface area contributed by atoms with Crippen molar-refractivity contribution in [3.63, 3.8) is 0 Å². The molecule has 0 saturated heterocycles. The van der Waals surface area contributed by atoms with Gasteiger partial charge in [0.2, 0.25) is 0 Å². The summed E-state index contributed by atoms with van der Waals surface area (Å²) in [5, 5.41) is 2.60. The smallest absolute Gasteiger partial charge is 0.258 e. The Labute approximate surface area is 172 Å². The van der Waals surface area contributed by atoms with Crippen LogP contribution in [-0.2, 0) is 9.84 Å². The number of benzene rings is 3. The molecule has 0 spiro atoms. The number of H-pyrrole nitrogens is 1. The monoisotopic (exact) mass is 423 g/mol. The number of anilines is 1. The van der Waals surface area contributed by atoms with Crippen LogP contribution in [0.3, 0.4) is 0 Å². The highest BCUT2D eigenvalue weighted by molar-refractivity contribution is 7.91. The first kappa shape index (κ1) is 19.8. The second-order valence-corrected chi connectivity index (χ2v) is 8.96. The molecule has 1 heterocycles. The Morgan fingerprint density at radius 3 is 2.50 bits per heavy atom. The second-order valence-electron chi connectivity index (χ2n) is 6.68. The molecule has 0 radical (unpaired) electrons. The number of imidazole rings is 1. The fourth-order valence-electron chi connectivity index (χ4n) is 3.04. The molecule has 1 amide bonds. The molecular weight excluding hydrogens is 405 g/mol. The predicted molar refractivity (Wildman–Crippen MR) is 114 cm³/mol. The molecule has 0 fully saturated rings. The minimum absolute atomic E-state index is 0.0863. The van der Waals surface area contributed by atoms with E-state index in [0.29, 0.717) is 11.5 Å². The standard InChI is InChI=1S/C22H18FN3O3S/c1-2-30(28,29)16-11-12-18(23)17(13-16)22(27)24-15-9-7-14(8-10-15)21-25-19-5-3-4-6-20(19)26-21/h3-13H,2H2,1H3,(H,24,27)(H,25,26). The fraction of sp³-hybridized carbons (Fsp3) is 0.0909. The van der Waals surface area contributed by atoms with Gasteiger partial charge in [-0.25, -0.2) is 17.8 Å². The van der Waals surface area contributed by atoms with Crippen molar-refractivity contribution >= 4 is 32.5 Å². The van der Waals surface area contributed by atoms with E-state index in [-0.39, 0.29) is 16.2 Å². The van der Waals surface area contributed by atoms with Gasteiger partial charge >= 0.3 is 0 Å². The van der Waals surface area contributed by atoms with Crippen molar-refractivity contribution in [3.05, 3.63) is 78.1 Å². The van der Waals surface area contributed by atoms with E-state index in [0.717, 1.165) is 34.8 Å². The molecule has 0 bridgehead atoms. The van der Waals surface area contributed by atoms with Crippen molar-refractivity contribution in [1.29, 1.82) is 0 Å². The lowest BCUT2D eigenvalue weighted by atomic mass is 10.1. The van der Waals surface area contributed by atoms with E-state index in [1.54, 1.807) is 24.3 Å². The molecule has 1 aromatic heterocycles. The van der Waals surface area contributed by atoms with Crippen LogP contribution in [0.4, 0.5) is 10.1 Å². The van der Waals surface area contributed by atoms with Gasteiger partial charge in [0.1, 0.15) is 11.6 Å².